The van der Waals surface area contributed by atoms with Crippen LogP contribution in [0.1, 0.15) is 25.7 Å². The van der Waals surface area contributed by atoms with Gasteiger partial charge in [-0.05, 0) is 12.8 Å². The molecule has 0 radical (unpaired) electrons. The number of nitrogens with one attached hydrogen (secondary N) is 1. The van der Waals surface area contributed by atoms with Crippen molar-refractivity contribution in [3.63, 3.8) is 0 Å². The summed E-state index contributed by atoms with van der Waals surface area (Å²) in [4.78, 5) is 0. The molecule has 0 saturated heterocycles. The highest BCUT2D eigenvalue weighted by atomic mass is 16.5. The minimum atomic E-state index is -0.303. The summed E-state index contributed by atoms with van der Waals surface area (Å²) in [6, 6.07) is 3.80. The zero-order chi connectivity index (χ0) is 14.5. The molecule has 0 heterocycles. The molecular weight excluding hydrogens is 258 g/mol. The summed E-state index contributed by atoms with van der Waals surface area (Å²) in [7, 11) is 4.77. The van der Waals surface area contributed by atoms with Crippen molar-refractivity contribution in [3.8, 4) is 17.2 Å². The van der Waals surface area contributed by atoms with Crippen LogP contribution in [0, 0.1) is 0 Å². The standard InChI is InChI=1S/C15H23NO4/c1-18-13-8-10(9-14(19-2)15(13)20-3)16-11-6-4-5-7-12(11)17/h8-9,11-12,16-17H,4-7H2,1-3H3/t11-,12-/m1/s1. The zero-order valence-corrected chi connectivity index (χ0v) is 12.3. The van der Waals surface area contributed by atoms with Crippen molar-refractivity contribution in [2.75, 3.05) is 26.6 Å². The third-order valence-corrected chi connectivity index (χ3v) is 3.75. The highest BCUT2D eigenvalue weighted by Crippen LogP contribution is 2.40. The molecule has 1 fully saturated rings. The van der Waals surface area contributed by atoms with Gasteiger partial charge in [-0.2, -0.15) is 0 Å². The van der Waals surface area contributed by atoms with E-state index >= 15 is 0 Å². The number of rotatable bonds is 5. The summed E-state index contributed by atoms with van der Waals surface area (Å²) in [5.41, 5.74) is 0.866. The van der Waals surface area contributed by atoms with Crippen molar-refractivity contribution in [3.05, 3.63) is 12.1 Å². The van der Waals surface area contributed by atoms with E-state index < -0.39 is 0 Å². The van der Waals surface area contributed by atoms with Crippen LogP contribution in [0.15, 0.2) is 12.1 Å². The smallest absolute Gasteiger partial charge is 0.203 e. The van der Waals surface area contributed by atoms with Gasteiger partial charge in [-0.15, -0.1) is 0 Å². The van der Waals surface area contributed by atoms with Crippen LogP contribution in [-0.2, 0) is 0 Å². The summed E-state index contributed by atoms with van der Waals surface area (Å²) in [6.45, 7) is 0. The van der Waals surface area contributed by atoms with Gasteiger partial charge in [-0.3, -0.25) is 0 Å². The normalized spacial score (nSPS) is 22.2. The minimum Gasteiger partial charge on any atom is -0.493 e. The van der Waals surface area contributed by atoms with Gasteiger partial charge in [-0.25, -0.2) is 0 Å². The maximum absolute atomic E-state index is 10.0. The number of methoxy groups -OCH3 is 3. The summed E-state index contributed by atoms with van der Waals surface area (Å²) in [5.74, 6) is 1.80. The first kappa shape index (κ1) is 14.8. The van der Waals surface area contributed by atoms with Gasteiger partial charge in [-0.1, -0.05) is 12.8 Å². The van der Waals surface area contributed by atoms with E-state index in [9.17, 15) is 5.11 Å². The Balaban J connectivity index is 2.23. The number of hydrogen-bond acceptors (Lipinski definition) is 5. The summed E-state index contributed by atoms with van der Waals surface area (Å²) >= 11 is 0. The molecule has 2 atom stereocenters. The Kier molecular flexibility index (Phi) is 4.95. The van der Waals surface area contributed by atoms with Crippen molar-refractivity contribution in [2.45, 2.75) is 37.8 Å². The Morgan fingerprint density at radius 1 is 1.00 bits per heavy atom. The maximum Gasteiger partial charge on any atom is 0.203 e. The third-order valence-electron chi connectivity index (χ3n) is 3.75. The lowest BCUT2D eigenvalue weighted by Gasteiger charge is -2.29. The second-order valence-electron chi connectivity index (χ2n) is 5.02. The fourth-order valence-corrected chi connectivity index (χ4v) is 2.66. The van der Waals surface area contributed by atoms with E-state index in [2.05, 4.69) is 5.32 Å². The molecule has 0 spiro atoms. The monoisotopic (exact) mass is 281 g/mol. The Morgan fingerprint density at radius 3 is 2.10 bits per heavy atom. The van der Waals surface area contributed by atoms with E-state index in [1.54, 1.807) is 21.3 Å². The Labute approximate surface area is 119 Å². The quantitative estimate of drug-likeness (QED) is 0.868. The van der Waals surface area contributed by atoms with Crippen LogP contribution >= 0.6 is 0 Å². The third kappa shape index (κ3) is 3.10. The van der Waals surface area contributed by atoms with Crippen LogP contribution in [0.3, 0.4) is 0 Å². The second kappa shape index (κ2) is 6.70. The molecule has 0 unspecified atom stereocenters. The van der Waals surface area contributed by atoms with Crippen molar-refractivity contribution in [2.24, 2.45) is 0 Å². The molecule has 1 aromatic carbocycles. The lowest BCUT2D eigenvalue weighted by Crippen LogP contribution is -2.36. The van der Waals surface area contributed by atoms with Gasteiger partial charge < -0.3 is 24.6 Å². The molecule has 0 aromatic heterocycles. The summed E-state index contributed by atoms with van der Waals surface area (Å²) in [6.07, 6.45) is 3.75. The van der Waals surface area contributed by atoms with E-state index in [1.807, 2.05) is 12.1 Å². The fraction of sp³-hybridized carbons (Fsp3) is 0.600. The Bertz CT molecular complexity index is 424. The highest BCUT2D eigenvalue weighted by Gasteiger charge is 2.23. The lowest BCUT2D eigenvalue weighted by atomic mass is 9.92. The number of hydrogen-bond donors (Lipinski definition) is 2. The number of aliphatic hydroxyl groups excluding tert-OH is 1. The number of benzene rings is 1. The fourth-order valence-electron chi connectivity index (χ4n) is 2.66. The van der Waals surface area contributed by atoms with Gasteiger partial charge >= 0.3 is 0 Å². The summed E-state index contributed by atoms with van der Waals surface area (Å²) in [5, 5.41) is 13.4. The molecule has 5 heteroatoms. The van der Waals surface area contributed by atoms with Gasteiger partial charge in [0.1, 0.15) is 0 Å². The highest BCUT2D eigenvalue weighted by molar-refractivity contribution is 5.62. The largest absolute Gasteiger partial charge is 0.493 e. The van der Waals surface area contributed by atoms with Gasteiger partial charge in [0.15, 0.2) is 11.5 Å². The molecule has 112 valence electrons. The zero-order valence-electron chi connectivity index (χ0n) is 12.3. The van der Waals surface area contributed by atoms with Crippen LogP contribution in [0.5, 0.6) is 17.2 Å². The molecule has 1 aliphatic carbocycles. The van der Waals surface area contributed by atoms with Crippen LogP contribution in [0.4, 0.5) is 5.69 Å². The number of aliphatic hydroxyl groups is 1. The van der Waals surface area contributed by atoms with E-state index in [-0.39, 0.29) is 12.1 Å². The van der Waals surface area contributed by atoms with Crippen LogP contribution in [0.25, 0.3) is 0 Å². The molecular formula is C15H23NO4. The van der Waals surface area contributed by atoms with E-state index in [0.29, 0.717) is 17.2 Å². The summed E-state index contributed by atoms with van der Waals surface area (Å²) < 4.78 is 16.0. The molecule has 0 bridgehead atoms. The topological polar surface area (TPSA) is 60.0 Å². The average molecular weight is 281 g/mol. The predicted molar refractivity (Wildman–Crippen MR) is 78.0 cm³/mol. The molecule has 0 aliphatic heterocycles. The van der Waals surface area contributed by atoms with Crippen LogP contribution < -0.4 is 19.5 Å². The van der Waals surface area contributed by atoms with Crippen LogP contribution in [0.2, 0.25) is 0 Å². The molecule has 1 aromatic rings. The van der Waals surface area contributed by atoms with E-state index in [1.165, 1.54) is 0 Å². The van der Waals surface area contributed by atoms with E-state index in [0.717, 1.165) is 31.4 Å². The van der Waals surface area contributed by atoms with Crippen molar-refractivity contribution in [1.29, 1.82) is 0 Å². The van der Waals surface area contributed by atoms with Gasteiger partial charge in [0.25, 0.3) is 0 Å². The molecule has 5 nitrogen and oxygen atoms in total. The van der Waals surface area contributed by atoms with Crippen molar-refractivity contribution < 1.29 is 19.3 Å². The molecule has 2 rings (SSSR count). The first-order valence-corrected chi connectivity index (χ1v) is 6.94. The second-order valence-corrected chi connectivity index (χ2v) is 5.02. The molecule has 2 N–H and O–H groups in total. The lowest BCUT2D eigenvalue weighted by molar-refractivity contribution is 0.116. The van der Waals surface area contributed by atoms with Crippen molar-refractivity contribution >= 4 is 5.69 Å². The van der Waals surface area contributed by atoms with Gasteiger partial charge in [0.2, 0.25) is 5.75 Å². The molecule has 1 saturated carbocycles. The molecule has 1 aliphatic rings. The van der Waals surface area contributed by atoms with Gasteiger partial charge in [0, 0.05) is 17.8 Å². The van der Waals surface area contributed by atoms with E-state index in [4.69, 9.17) is 14.2 Å². The molecule has 20 heavy (non-hydrogen) atoms. The van der Waals surface area contributed by atoms with Crippen molar-refractivity contribution in [1.82, 2.24) is 0 Å². The maximum atomic E-state index is 10.0. The first-order valence-electron chi connectivity index (χ1n) is 6.94. The SMILES string of the molecule is COc1cc(N[C@@H]2CCCC[C@H]2O)cc(OC)c1OC. The predicted octanol–water partition coefficient (Wildman–Crippen LogP) is 2.43. The minimum absolute atomic E-state index is 0.0755. The van der Waals surface area contributed by atoms with Crippen LogP contribution in [-0.4, -0.2) is 38.6 Å². The number of anilines is 1. The molecule has 0 amide bonds. The first-order chi connectivity index (χ1) is 9.69. The Morgan fingerprint density at radius 2 is 1.60 bits per heavy atom. The van der Waals surface area contributed by atoms with Gasteiger partial charge in [0.05, 0.1) is 33.5 Å². The average Bonchev–Trinajstić information content (AvgIpc) is 2.48. The Hall–Kier alpha value is -1.62. The number of ether oxygens (including phenoxy) is 3.